The van der Waals surface area contributed by atoms with Crippen LogP contribution >= 0.6 is 0 Å². The molecule has 1 aromatic rings. The summed E-state index contributed by atoms with van der Waals surface area (Å²) < 4.78 is 11.0. The minimum Gasteiger partial charge on any atom is -0.466 e. The van der Waals surface area contributed by atoms with E-state index in [2.05, 4.69) is 39.6 Å². The SMILES string of the molecule is CCOC(=O)C1(CCOC(=O)Cc2ccccc2)CC(C)(C)N(C)C(C)(C)C1. The van der Waals surface area contributed by atoms with E-state index in [1.54, 1.807) is 0 Å². The van der Waals surface area contributed by atoms with Gasteiger partial charge in [-0.15, -0.1) is 0 Å². The van der Waals surface area contributed by atoms with Crippen molar-refractivity contribution in [1.82, 2.24) is 4.90 Å². The van der Waals surface area contributed by atoms with Gasteiger partial charge in [0.25, 0.3) is 0 Å². The van der Waals surface area contributed by atoms with Gasteiger partial charge in [-0.2, -0.15) is 0 Å². The van der Waals surface area contributed by atoms with Gasteiger partial charge >= 0.3 is 11.9 Å². The van der Waals surface area contributed by atoms with Crippen LogP contribution in [0.2, 0.25) is 0 Å². The second-order valence-corrected chi connectivity index (χ2v) is 9.17. The highest BCUT2D eigenvalue weighted by molar-refractivity contribution is 5.77. The van der Waals surface area contributed by atoms with Crippen molar-refractivity contribution in [3.63, 3.8) is 0 Å². The van der Waals surface area contributed by atoms with Gasteiger partial charge in [0.1, 0.15) is 0 Å². The van der Waals surface area contributed by atoms with Gasteiger partial charge in [-0.05, 0) is 66.5 Å². The van der Waals surface area contributed by atoms with Gasteiger partial charge in [-0.1, -0.05) is 30.3 Å². The maximum atomic E-state index is 13.0. The molecule has 0 atom stereocenters. The minimum absolute atomic E-state index is 0.164. The van der Waals surface area contributed by atoms with Crippen LogP contribution in [-0.2, 0) is 25.5 Å². The smallest absolute Gasteiger partial charge is 0.312 e. The second kappa shape index (κ2) is 8.64. The molecule has 1 fully saturated rings. The predicted octanol–water partition coefficient (Wildman–Crippen LogP) is 3.99. The largest absolute Gasteiger partial charge is 0.466 e. The first kappa shape index (κ1) is 22.4. The third kappa shape index (κ3) is 5.13. The van der Waals surface area contributed by atoms with Gasteiger partial charge in [0.2, 0.25) is 0 Å². The summed E-state index contributed by atoms with van der Waals surface area (Å²) in [7, 11) is 2.11. The number of carbonyl (C=O) groups is 2. The van der Waals surface area contributed by atoms with Crippen LogP contribution in [0.15, 0.2) is 30.3 Å². The summed E-state index contributed by atoms with van der Waals surface area (Å²) in [6.45, 7) is 11.0. The van der Waals surface area contributed by atoms with E-state index in [-0.39, 0.29) is 36.0 Å². The molecule has 0 radical (unpaired) electrons. The average molecular weight is 390 g/mol. The van der Waals surface area contributed by atoms with E-state index in [0.29, 0.717) is 25.9 Å². The molecule has 1 heterocycles. The number of piperidine rings is 1. The van der Waals surface area contributed by atoms with Crippen molar-refractivity contribution < 1.29 is 19.1 Å². The van der Waals surface area contributed by atoms with Crippen LogP contribution in [0.4, 0.5) is 0 Å². The Labute approximate surface area is 169 Å². The lowest BCUT2D eigenvalue weighted by atomic mass is 9.63. The molecule has 0 amide bonds. The summed E-state index contributed by atoms with van der Waals surface area (Å²) in [6.07, 6.45) is 2.07. The van der Waals surface area contributed by atoms with E-state index in [1.807, 2.05) is 37.3 Å². The highest BCUT2D eigenvalue weighted by Gasteiger charge is 2.54. The number of likely N-dealkylation sites (tertiary alicyclic amines) is 1. The lowest BCUT2D eigenvalue weighted by molar-refractivity contribution is -0.172. The molecule has 0 bridgehead atoms. The number of rotatable bonds is 7. The first-order valence-electron chi connectivity index (χ1n) is 10.1. The molecule has 0 aliphatic carbocycles. The number of hydrogen-bond acceptors (Lipinski definition) is 5. The monoisotopic (exact) mass is 389 g/mol. The first-order chi connectivity index (χ1) is 13.0. The molecule has 0 N–H and O–H groups in total. The highest BCUT2D eigenvalue weighted by atomic mass is 16.5. The first-order valence-corrected chi connectivity index (χ1v) is 10.1. The molecule has 1 saturated heterocycles. The van der Waals surface area contributed by atoms with E-state index in [9.17, 15) is 9.59 Å². The molecule has 0 saturated carbocycles. The Morgan fingerprint density at radius 1 is 1.00 bits per heavy atom. The lowest BCUT2D eigenvalue weighted by Gasteiger charge is -2.57. The van der Waals surface area contributed by atoms with Gasteiger partial charge in [-0.3, -0.25) is 14.5 Å². The minimum atomic E-state index is -0.650. The van der Waals surface area contributed by atoms with Crippen LogP contribution < -0.4 is 0 Å². The summed E-state index contributed by atoms with van der Waals surface area (Å²) in [6, 6.07) is 9.54. The Hall–Kier alpha value is -1.88. The van der Waals surface area contributed by atoms with Crippen LogP contribution in [-0.4, -0.2) is 48.2 Å². The molecule has 1 aliphatic heterocycles. The Balaban J connectivity index is 2.09. The van der Waals surface area contributed by atoms with Gasteiger partial charge < -0.3 is 9.47 Å². The number of carbonyl (C=O) groups excluding carboxylic acids is 2. The van der Waals surface area contributed by atoms with Gasteiger partial charge in [0.15, 0.2) is 0 Å². The summed E-state index contributed by atoms with van der Waals surface area (Å²) in [5.74, 6) is -0.444. The van der Waals surface area contributed by atoms with Crippen molar-refractivity contribution in [1.29, 1.82) is 0 Å². The Bertz CT molecular complexity index is 663. The van der Waals surface area contributed by atoms with E-state index in [0.717, 1.165) is 5.56 Å². The van der Waals surface area contributed by atoms with Crippen molar-refractivity contribution in [2.24, 2.45) is 5.41 Å². The van der Waals surface area contributed by atoms with Gasteiger partial charge in [0.05, 0.1) is 25.0 Å². The highest BCUT2D eigenvalue weighted by Crippen LogP contribution is 2.50. The maximum Gasteiger partial charge on any atom is 0.312 e. The molecule has 1 aliphatic rings. The molecular formula is C23H35NO4. The molecule has 0 unspecified atom stereocenters. The Morgan fingerprint density at radius 3 is 2.11 bits per heavy atom. The van der Waals surface area contributed by atoms with Crippen molar-refractivity contribution in [3.8, 4) is 0 Å². The van der Waals surface area contributed by atoms with Crippen molar-refractivity contribution in [2.45, 2.75) is 71.4 Å². The number of hydrogen-bond donors (Lipinski definition) is 0. The third-order valence-electron chi connectivity index (χ3n) is 6.10. The average Bonchev–Trinajstić information content (AvgIpc) is 2.60. The molecule has 2 rings (SSSR count). The Kier molecular flexibility index (Phi) is 6.92. The van der Waals surface area contributed by atoms with E-state index in [1.165, 1.54) is 0 Å². The van der Waals surface area contributed by atoms with E-state index >= 15 is 0 Å². The van der Waals surface area contributed by atoms with Crippen molar-refractivity contribution in [2.75, 3.05) is 20.3 Å². The van der Waals surface area contributed by atoms with E-state index < -0.39 is 5.41 Å². The van der Waals surface area contributed by atoms with Gasteiger partial charge in [-0.25, -0.2) is 0 Å². The normalized spacial score (nSPS) is 20.4. The summed E-state index contributed by atoms with van der Waals surface area (Å²) >= 11 is 0. The van der Waals surface area contributed by atoms with Crippen LogP contribution in [0.3, 0.4) is 0 Å². The lowest BCUT2D eigenvalue weighted by Crippen LogP contribution is -2.63. The van der Waals surface area contributed by atoms with Crippen molar-refractivity contribution in [3.05, 3.63) is 35.9 Å². The number of benzene rings is 1. The molecule has 0 spiro atoms. The molecular weight excluding hydrogens is 354 g/mol. The standard InChI is InChI=1S/C23H35NO4/c1-7-27-20(26)23(16-21(2,3)24(6)22(4,5)17-23)13-14-28-19(25)15-18-11-9-8-10-12-18/h8-12H,7,13-17H2,1-6H3. The zero-order chi connectivity index (χ0) is 21.0. The third-order valence-corrected chi connectivity index (χ3v) is 6.10. The quantitative estimate of drug-likeness (QED) is 0.660. The summed E-state index contributed by atoms with van der Waals surface area (Å²) in [5.41, 5.74) is -0.0534. The van der Waals surface area contributed by atoms with Crippen LogP contribution in [0.25, 0.3) is 0 Å². The molecule has 1 aromatic carbocycles. The van der Waals surface area contributed by atoms with E-state index in [4.69, 9.17) is 9.47 Å². The maximum absolute atomic E-state index is 13.0. The molecule has 28 heavy (non-hydrogen) atoms. The molecule has 5 heteroatoms. The topological polar surface area (TPSA) is 55.8 Å². The summed E-state index contributed by atoms with van der Waals surface area (Å²) in [4.78, 5) is 27.5. The molecule has 0 aromatic heterocycles. The van der Waals surface area contributed by atoms with Crippen LogP contribution in [0, 0.1) is 5.41 Å². The molecule has 5 nitrogen and oxygen atoms in total. The number of esters is 2. The second-order valence-electron chi connectivity index (χ2n) is 9.17. The van der Waals surface area contributed by atoms with Gasteiger partial charge in [0, 0.05) is 11.1 Å². The Morgan fingerprint density at radius 2 is 1.57 bits per heavy atom. The fourth-order valence-corrected chi connectivity index (χ4v) is 4.66. The zero-order valence-corrected chi connectivity index (χ0v) is 18.2. The van der Waals surface area contributed by atoms with Crippen molar-refractivity contribution >= 4 is 11.9 Å². The number of nitrogens with zero attached hydrogens (tertiary/aromatic N) is 1. The number of ether oxygens (including phenoxy) is 2. The summed E-state index contributed by atoms with van der Waals surface area (Å²) in [5, 5.41) is 0. The zero-order valence-electron chi connectivity index (χ0n) is 18.2. The fourth-order valence-electron chi connectivity index (χ4n) is 4.66. The fraction of sp³-hybridized carbons (Fsp3) is 0.652. The molecule has 156 valence electrons. The van der Waals surface area contributed by atoms with Crippen LogP contribution in [0.5, 0.6) is 0 Å². The van der Waals surface area contributed by atoms with Crippen LogP contribution in [0.1, 0.15) is 59.4 Å². The predicted molar refractivity (Wildman–Crippen MR) is 110 cm³/mol.